The minimum atomic E-state index is 0.349. The summed E-state index contributed by atoms with van der Waals surface area (Å²) in [7, 11) is 0. The second kappa shape index (κ2) is 7.11. The van der Waals surface area contributed by atoms with Crippen LogP contribution in [-0.4, -0.2) is 39.2 Å². The van der Waals surface area contributed by atoms with E-state index in [0.29, 0.717) is 32.6 Å². The van der Waals surface area contributed by atoms with Crippen molar-refractivity contribution in [3.63, 3.8) is 0 Å². The minimum absolute atomic E-state index is 0.349. The van der Waals surface area contributed by atoms with E-state index in [-0.39, 0.29) is 0 Å². The first kappa shape index (κ1) is 16.4. The number of nitrogens with zero attached hydrogens (tertiary/aromatic N) is 1. The molecule has 0 N–H and O–H groups in total. The number of fused-ring (bicyclic) bond motifs is 2. The Hall–Kier alpha value is -1.74. The van der Waals surface area contributed by atoms with Crippen molar-refractivity contribution in [3.8, 4) is 11.5 Å². The van der Waals surface area contributed by atoms with Gasteiger partial charge in [-0.05, 0) is 0 Å². The maximum absolute atomic E-state index is 5.67. The predicted molar refractivity (Wildman–Crippen MR) is 104 cm³/mol. The molecule has 2 aromatic rings. The van der Waals surface area contributed by atoms with Gasteiger partial charge in [-0.25, -0.2) is 0 Å². The average Bonchev–Trinajstić information content (AvgIpc) is 3.15. The van der Waals surface area contributed by atoms with Crippen LogP contribution in [0.15, 0.2) is 54.6 Å². The van der Waals surface area contributed by atoms with Crippen molar-refractivity contribution in [1.82, 2.24) is 4.90 Å². The molecule has 3 aliphatic rings. The molecular weight excluding hydrogens is 389 g/mol. The van der Waals surface area contributed by atoms with E-state index in [0.717, 1.165) is 24.6 Å². The molecule has 2 atom stereocenters. The van der Waals surface area contributed by atoms with Gasteiger partial charge in [0, 0.05) is 0 Å². The fourth-order valence-electron chi connectivity index (χ4n) is 4.15. The molecule has 0 fully saturated rings. The van der Waals surface area contributed by atoms with Crippen molar-refractivity contribution < 1.29 is 9.47 Å². The molecule has 0 saturated heterocycles. The molecule has 3 nitrogen and oxygen atoms in total. The number of hydrogen-bond acceptors (Lipinski definition) is 3. The van der Waals surface area contributed by atoms with Gasteiger partial charge in [0.25, 0.3) is 0 Å². The fourth-order valence-corrected chi connectivity index (χ4v) is 6.78. The predicted octanol–water partition coefficient (Wildman–Crippen LogP) is 3.41. The number of allylic oxidation sites excluding steroid dienone is 1. The molecule has 134 valence electrons. The van der Waals surface area contributed by atoms with E-state index in [2.05, 4.69) is 59.5 Å². The number of benzene rings is 2. The van der Waals surface area contributed by atoms with Gasteiger partial charge in [0.05, 0.1) is 0 Å². The molecule has 0 radical (unpaired) electrons. The van der Waals surface area contributed by atoms with E-state index in [1.807, 2.05) is 0 Å². The molecule has 26 heavy (non-hydrogen) atoms. The van der Waals surface area contributed by atoms with Gasteiger partial charge < -0.3 is 0 Å². The van der Waals surface area contributed by atoms with Crippen LogP contribution in [0.4, 0.5) is 0 Å². The molecule has 0 spiro atoms. The Kier molecular flexibility index (Phi) is 4.49. The van der Waals surface area contributed by atoms with Gasteiger partial charge in [-0.15, -0.1) is 0 Å². The third kappa shape index (κ3) is 3.18. The first-order valence-corrected chi connectivity index (χ1v) is 11.3. The molecule has 0 amide bonds. The van der Waals surface area contributed by atoms with E-state index in [4.69, 9.17) is 9.47 Å². The molecule has 1 aliphatic carbocycles. The third-order valence-corrected chi connectivity index (χ3v) is 8.06. The Labute approximate surface area is 161 Å². The van der Waals surface area contributed by atoms with Gasteiger partial charge in [0.1, 0.15) is 0 Å². The van der Waals surface area contributed by atoms with Crippen LogP contribution >= 0.6 is 0 Å². The van der Waals surface area contributed by atoms with Crippen LogP contribution in [0.5, 0.6) is 11.5 Å². The normalized spacial score (nSPS) is 24.5. The molecule has 0 aromatic heterocycles. The van der Waals surface area contributed by atoms with Crippen molar-refractivity contribution >= 4 is 19.4 Å². The summed E-state index contributed by atoms with van der Waals surface area (Å²) in [5.41, 5.74) is 2.89. The zero-order chi connectivity index (χ0) is 17.3. The van der Waals surface area contributed by atoms with Gasteiger partial charge in [-0.3, -0.25) is 0 Å². The Morgan fingerprint density at radius 2 is 1.88 bits per heavy atom. The van der Waals surface area contributed by atoms with Crippen LogP contribution in [0.3, 0.4) is 0 Å². The molecule has 5 rings (SSSR count). The van der Waals surface area contributed by atoms with Gasteiger partial charge >= 0.3 is 161 Å². The topological polar surface area (TPSA) is 21.7 Å². The zero-order valence-electron chi connectivity index (χ0n) is 14.8. The van der Waals surface area contributed by atoms with E-state index < -0.39 is 0 Å². The van der Waals surface area contributed by atoms with Crippen molar-refractivity contribution in [1.29, 1.82) is 0 Å². The molecule has 2 aliphatic heterocycles. The van der Waals surface area contributed by atoms with Crippen LogP contribution in [0.25, 0.3) is 0 Å². The van der Waals surface area contributed by atoms with Gasteiger partial charge in [0.15, 0.2) is 0 Å². The second-order valence-corrected chi connectivity index (χ2v) is 9.86. The molecule has 0 unspecified atom stereocenters. The summed E-state index contributed by atoms with van der Waals surface area (Å²) < 4.78 is 12.8. The SMILES string of the molecule is C1=C[C@@H](N2Cc3cc4c(cc3[C@H]([Se]c3ccccc3)C2)OCO4)CCC1. The Bertz CT molecular complexity index is 820. The third-order valence-electron chi connectivity index (χ3n) is 5.47. The summed E-state index contributed by atoms with van der Waals surface area (Å²) in [4.78, 5) is 3.23. The van der Waals surface area contributed by atoms with E-state index in [1.54, 1.807) is 0 Å². The molecular formula is C22H23NO2Se. The summed E-state index contributed by atoms with van der Waals surface area (Å²) in [5, 5.41) is 0. The van der Waals surface area contributed by atoms with Gasteiger partial charge in [0.2, 0.25) is 0 Å². The fraction of sp³-hybridized carbons (Fsp3) is 0.364. The average molecular weight is 412 g/mol. The van der Waals surface area contributed by atoms with E-state index >= 15 is 0 Å². The van der Waals surface area contributed by atoms with Crippen LogP contribution < -0.4 is 13.9 Å². The number of ether oxygens (including phenoxy) is 2. The van der Waals surface area contributed by atoms with Crippen molar-refractivity contribution in [3.05, 3.63) is 65.7 Å². The summed E-state index contributed by atoms with van der Waals surface area (Å²) >= 11 is 0.404. The summed E-state index contributed by atoms with van der Waals surface area (Å²) in [5.74, 6) is 1.83. The molecule has 2 aromatic carbocycles. The monoisotopic (exact) mass is 413 g/mol. The van der Waals surface area contributed by atoms with E-state index in [1.165, 1.54) is 34.9 Å². The quantitative estimate of drug-likeness (QED) is 0.570. The summed E-state index contributed by atoms with van der Waals surface area (Å²) in [6.45, 7) is 2.50. The van der Waals surface area contributed by atoms with E-state index in [9.17, 15) is 0 Å². The standard InChI is InChI=1S/C22H23NO2Se/c1-3-7-17(8-4-1)23-13-16-11-20-21(25-15-24-20)12-19(16)22(14-23)26-18-9-5-2-6-10-18/h2-3,5-7,9-12,17,22H,1,4,8,13-15H2/t17-,22-/m1/s1. The molecule has 0 bridgehead atoms. The number of hydrogen-bond donors (Lipinski definition) is 0. The molecule has 4 heteroatoms. The van der Waals surface area contributed by atoms with Crippen LogP contribution in [0, 0.1) is 0 Å². The first-order valence-electron chi connectivity index (χ1n) is 9.42. The van der Waals surface area contributed by atoms with Crippen molar-refractivity contribution in [2.75, 3.05) is 13.3 Å². The number of rotatable bonds is 3. The Morgan fingerprint density at radius 1 is 1.04 bits per heavy atom. The first-order chi connectivity index (χ1) is 12.9. The summed E-state index contributed by atoms with van der Waals surface area (Å²) in [6.07, 6.45) is 8.60. The van der Waals surface area contributed by atoms with Crippen molar-refractivity contribution in [2.45, 2.75) is 36.7 Å². The maximum atomic E-state index is 5.67. The van der Waals surface area contributed by atoms with Crippen molar-refractivity contribution in [2.24, 2.45) is 0 Å². The van der Waals surface area contributed by atoms with Gasteiger partial charge in [-0.2, -0.15) is 0 Å². The van der Waals surface area contributed by atoms with Crippen LogP contribution in [0.2, 0.25) is 0 Å². The molecule has 0 saturated carbocycles. The van der Waals surface area contributed by atoms with Crippen LogP contribution in [-0.2, 0) is 6.54 Å². The summed E-state index contributed by atoms with van der Waals surface area (Å²) in [6, 6.07) is 16.0. The Balaban J connectivity index is 1.49. The molecule has 2 heterocycles. The second-order valence-electron chi connectivity index (χ2n) is 7.18. The van der Waals surface area contributed by atoms with Gasteiger partial charge in [-0.1, -0.05) is 0 Å². The zero-order valence-corrected chi connectivity index (χ0v) is 16.5. The Morgan fingerprint density at radius 3 is 2.69 bits per heavy atom. The van der Waals surface area contributed by atoms with Crippen LogP contribution in [0.1, 0.15) is 35.2 Å².